The van der Waals surface area contributed by atoms with Crippen LogP contribution in [0.2, 0.25) is 0 Å². The van der Waals surface area contributed by atoms with E-state index in [1.54, 1.807) is 0 Å². The Bertz CT molecular complexity index is 593. The van der Waals surface area contributed by atoms with Gasteiger partial charge in [0.2, 0.25) is 0 Å². The Balaban J connectivity index is 2.27. The normalized spacial score (nSPS) is 11.7. The van der Waals surface area contributed by atoms with Crippen LogP contribution < -0.4 is 0 Å². The van der Waals surface area contributed by atoms with E-state index in [9.17, 15) is 0 Å². The lowest BCUT2D eigenvalue weighted by Gasteiger charge is -2.27. The monoisotopic (exact) mass is 308 g/mol. The average Bonchev–Trinajstić information content (AvgIpc) is 2.59. The minimum Gasteiger partial charge on any atom is -0.0654 e. The summed E-state index contributed by atoms with van der Waals surface area (Å²) in [6, 6.07) is 18.1. The summed E-state index contributed by atoms with van der Waals surface area (Å²) in [6.45, 7) is 9.23. The SMILES string of the molecule is CCCCCCc1cc(CC)cc(C(C)(C)c2ccccc2)c1. The van der Waals surface area contributed by atoms with Gasteiger partial charge in [-0.3, -0.25) is 0 Å². The van der Waals surface area contributed by atoms with Crippen molar-refractivity contribution in [2.75, 3.05) is 0 Å². The van der Waals surface area contributed by atoms with Gasteiger partial charge in [-0.05, 0) is 41.5 Å². The molecule has 0 aliphatic heterocycles. The first kappa shape index (κ1) is 17.8. The van der Waals surface area contributed by atoms with Crippen LogP contribution in [0.3, 0.4) is 0 Å². The van der Waals surface area contributed by atoms with Gasteiger partial charge < -0.3 is 0 Å². The lowest BCUT2D eigenvalue weighted by molar-refractivity contribution is 0.634. The molecule has 2 aromatic rings. The van der Waals surface area contributed by atoms with Crippen molar-refractivity contribution >= 4 is 0 Å². The van der Waals surface area contributed by atoms with Gasteiger partial charge in [0, 0.05) is 5.41 Å². The summed E-state index contributed by atoms with van der Waals surface area (Å²) in [4.78, 5) is 0. The third kappa shape index (κ3) is 4.70. The number of rotatable bonds is 8. The van der Waals surface area contributed by atoms with Gasteiger partial charge >= 0.3 is 0 Å². The Morgan fingerprint density at radius 1 is 0.739 bits per heavy atom. The maximum Gasteiger partial charge on any atom is 0.0146 e. The fourth-order valence-electron chi connectivity index (χ4n) is 3.25. The molecule has 0 fully saturated rings. The predicted molar refractivity (Wildman–Crippen MR) is 102 cm³/mol. The molecule has 23 heavy (non-hydrogen) atoms. The van der Waals surface area contributed by atoms with E-state index >= 15 is 0 Å². The molecule has 0 radical (unpaired) electrons. The topological polar surface area (TPSA) is 0 Å². The molecule has 0 amide bonds. The molecule has 0 aliphatic carbocycles. The van der Waals surface area contributed by atoms with E-state index in [0.29, 0.717) is 0 Å². The molecule has 0 spiro atoms. The fourth-order valence-corrected chi connectivity index (χ4v) is 3.25. The zero-order valence-corrected chi connectivity index (χ0v) is 15.4. The third-order valence-electron chi connectivity index (χ3n) is 5.00. The van der Waals surface area contributed by atoms with Gasteiger partial charge in [-0.2, -0.15) is 0 Å². The summed E-state index contributed by atoms with van der Waals surface area (Å²) in [5.74, 6) is 0. The zero-order chi connectivity index (χ0) is 16.7. The molecule has 2 aromatic carbocycles. The van der Waals surface area contributed by atoms with Gasteiger partial charge in [-0.1, -0.05) is 95.5 Å². The molecule has 124 valence electrons. The van der Waals surface area contributed by atoms with E-state index in [2.05, 4.69) is 76.2 Å². The van der Waals surface area contributed by atoms with Gasteiger partial charge in [0.1, 0.15) is 0 Å². The molecule has 0 saturated carbocycles. The highest BCUT2D eigenvalue weighted by Gasteiger charge is 2.23. The Labute approximate surface area is 143 Å². The molecule has 0 N–H and O–H groups in total. The Hall–Kier alpha value is -1.56. The van der Waals surface area contributed by atoms with Crippen molar-refractivity contribution in [2.24, 2.45) is 0 Å². The second-order valence-electron chi connectivity index (χ2n) is 7.19. The second kappa shape index (κ2) is 8.34. The molecule has 0 saturated heterocycles. The van der Waals surface area contributed by atoms with E-state index in [1.807, 2.05) is 0 Å². The van der Waals surface area contributed by atoms with Gasteiger partial charge in [0.25, 0.3) is 0 Å². The lowest BCUT2D eigenvalue weighted by atomic mass is 9.77. The van der Waals surface area contributed by atoms with Crippen molar-refractivity contribution in [3.05, 3.63) is 70.8 Å². The van der Waals surface area contributed by atoms with Crippen LogP contribution in [0.5, 0.6) is 0 Å². The lowest BCUT2D eigenvalue weighted by Crippen LogP contribution is -2.19. The second-order valence-corrected chi connectivity index (χ2v) is 7.19. The van der Waals surface area contributed by atoms with Gasteiger partial charge in [-0.25, -0.2) is 0 Å². The van der Waals surface area contributed by atoms with Crippen LogP contribution in [-0.2, 0) is 18.3 Å². The molecule has 0 heteroatoms. The number of hydrogen-bond acceptors (Lipinski definition) is 0. The van der Waals surface area contributed by atoms with E-state index in [-0.39, 0.29) is 5.41 Å². The van der Waals surface area contributed by atoms with Crippen molar-refractivity contribution in [3.8, 4) is 0 Å². The number of aryl methyl sites for hydroxylation is 2. The molecule has 0 aliphatic rings. The minimum atomic E-state index is 0.0601. The number of hydrogen-bond donors (Lipinski definition) is 0. The van der Waals surface area contributed by atoms with Crippen LogP contribution in [0.1, 0.15) is 75.6 Å². The number of benzene rings is 2. The van der Waals surface area contributed by atoms with Gasteiger partial charge in [0.15, 0.2) is 0 Å². The molecule has 0 nitrogen and oxygen atoms in total. The Kier molecular flexibility index (Phi) is 6.45. The van der Waals surface area contributed by atoms with Crippen LogP contribution in [0, 0.1) is 0 Å². The van der Waals surface area contributed by atoms with Gasteiger partial charge in [0.05, 0.1) is 0 Å². The molecule has 0 aromatic heterocycles. The molecule has 0 bridgehead atoms. The van der Waals surface area contributed by atoms with E-state index in [1.165, 1.54) is 54.4 Å². The minimum absolute atomic E-state index is 0.0601. The molecule has 0 unspecified atom stereocenters. The standard InChI is InChI=1S/C23H32/c1-5-7-8-10-13-20-16-19(6-2)17-22(18-20)23(3,4)21-14-11-9-12-15-21/h9,11-12,14-18H,5-8,10,13H2,1-4H3. The van der Waals surface area contributed by atoms with Crippen LogP contribution in [-0.4, -0.2) is 0 Å². The number of unbranched alkanes of at least 4 members (excludes halogenated alkanes) is 3. The summed E-state index contributed by atoms with van der Waals surface area (Å²) in [7, 11) is 0. The third-order valence-corrected chi connectivity index (χ3v) is 5.00. The highest BCUT2D eigenvalue weighted by molar-refractivity contribution is 5.41. The largest absolute Gasteiger partial charge is 0.0654 e. The van der Waals surface area contributed by atoms with Crippen molar-refractivity contribution in [1.29, 1.82) is 0 Å². The zero-order valence-electron chi connectivity index (χ0n) is 15.4. The first-order chi connectivity index (χ1) is 11.1. The van der Waals surface area contributed by atoms with Crippen LogP contribution >= 0.6 is 0 Å². The van der Waals surface area contributed by atoms with E-state index in [4.69, 9.17) is 0 Å². The average molecular weight is 309 g/mol. The summed E-state index contributed by atoms with van der Waals surface area (Å²) in [5, 5.41) is 0. The predicted octanol–water partition coefficient (Wildman–Crippen LogP) is 6.70. The van der Waals surface area contributed by atoms with Crippen molar-refractivity contribution < 1.29 is 0 Å². The van der Waals surface area contributed by atoms with E-state index in [0.717, 1.165) is 6.42 Å². The molecule has 2 rings (SSSR count). The summed E-state index contributed by atoms with van der Waals surface area (Å²) < 4.78 is 0. The van der Waals surface area contributed by atoms with Crippen molar-refractivity contribution in [2.45, 2.75) is 71.6 Å². The molecular weight excluding hydrogens is 276 g/mol. The first-order valence-corrected chi connectivity index (χ1v) is 9.26. The molecule has 0 atom stereocenters. The maximum absolute atomic E-state index is 2.44. The molecular formula is C23H32. The smallest absolute Gasteiger partial charge is 0.0146 e. The first-order valence-electron chi connectivity index (χ1n) is 9.26. The quantitative estimate of drug-likeness (QED) is 0.476. The fraction of sp³-hybridized carbons (Fsp3) is 0.478. The van der Waals surface area contributed by atoms with Crippen molar-refractivity contribution in [3.63, 3.8) is 0 Å². The highest BCUT2D eigenvalue weighted by atomic mass is 14.3. The van der Waals surface area contributed by atoms with Crippen LogP contribution in [0.25, 0.3) is 0 Å². The van der Waals surface area contributed by atoms with Gasteiger partial charge in [-0.15, -0.1) is 0 Å². The summed E-state index contributed by atoms with van der Waals surface area (Å²) in [5.41, 5.74) is 5.89. The summed E-state index contributed by atoms with van der Waals surface area (Å²) >= 11 is 0. The highest BCUT2D eigenvalue weighted by Crippen LogP contribution is 2.33. The Morgan fingerprint density at radius 2 is 1.43 bits per heavy atom. The van der Waals surface area contributed by atoms with Crippen LogP contribution in [0.4, 0.5) is 0 Å². The molecule has 0 heterocycles. The maximum atomic E-state index is 2.44. The van der Waals surface area contributed by atoms with Crippen molar-refractivity contribution in [1.82, 2.24) is 0 Å². The summed E-state index contributed by atoms with van der Waals surface area (Å²) in [6.07, 6.45) is 7.65. The van der Waals surface area contributed by atoms with E-state index < -0.39 is 0 Å². The van der Waals surface area contributed by atoms with Crippen LogP contribution in [0.15, 0.2) is 48.5 Å². The Morgan fingerprint density at radius 3 is 2.09 bits per heavy atom.